The standard InChI is InChI=1S/C27H29F2N5O3/c1-17-31-23(32-37-17)18-6-8-19(9-7-18)34-21(10-11-26(2,3)36)22(20-5-4-14-30-24(20)34)25(35)33-15-12-27(28,29)13-16-33/h4-9,14,36H,10-13,15-16H2,1-3H3. The zero-order valence-corrected chi connectivity index (χ0v) is 21.0. The molecule has 10 heteroatoms. The molecule has 0 aliphatic carbocycles. The number of pyridine rings is 1. The number of benzene rings is 1. The molecule has 0 saturated carbocycles. The topological polar surface area (TPSA) is 97.3 Å². The van der Waals surface area contributed by atoms with Crippen molar-refractivity contribution in [1.82, 2.24) is 24.6 Å². The van der Waals surface area contributed by atoms with Crippen molar-refractivity contribution in [1.29, 1.82) is 0 Å². The average Bonchev–Trinajstić information content (AvgIpc) is 3.43. The largest absolute Gasteiger partial charge is 0.390 e. The Balaban J connectivity index is 1.62. The van der Waals surface area contributed by atoms with Gasteiger partial charge in [-0.25, -0.2) is 13.8 Å². The second kappa shape index (κ2) is 9.33. The number of fused-ring (bicyclic) bond motifs is 1. The van der Waals surface area contributed by atoms with E-state index in [4.69, 9.17) is 4.52 Å². The maximum absolute atomic E-state index is 13.8. The second-order valence-electron chi connectivity index (χ2n) is 10.2. The van der Waals surface area contributed by atoms with E-state index in [0.29, 0.717) is 46.8 Å². The molecule has 1 aliphatic rings. The number of alkyl halides is 2. The summed E-state index contributed by atoms with van der Waals surface area (Å²) in [6.07, 6.45) is 1.72. The van der Waals surface area contributed by atoms with Gasteiger partial charge in [0.2, 0.25) is 11.7 Å². The van der Waals surface area contributed by atoms with Crippen LogP contribution in [0.15, 0.2) is 47.1 Å². The number of aryl methyl sites for hydroxylation is 1. The van der Waals surface area contributed by atoms with Crippen LogP contribution in [-0.4, -0.2) is 60.2 Å². The van der Waals surface area contributed by atoms with Gasteiger partial charge in [0, 0.05) is 61.4 Å². The number of likely N-dealkylation sites (tertiary alicyclic amines) is 1. The van der Waals surface area contributed by atoms with Crippen LogP contribution in [0.1, 0.15) is 55.1 Å². The Morgan fingerprint density at radius 1 is 1.16 bits per heavy atom. The molecule has 1 saturated heterocycles. The van der Waals surface area contributed by atoms with Gasteiger partial charge in [-0.2, -0.15) is 4.98 Å². The van der Waals surface area contributed by atoms with Crippen molar-refractivity contribution in [2.45, 2.75) is 58.0 Å². The maximum atomic E-state index is 13.8. The molecule has 37 heavy (non-hydrogen) atoms. The number of carbonyl (C=O) groups is 1. The van der Waals surface area contributed by atoms with Crippen molar-refractivity contribution in [3.8, 4) is 17.1 Å². The van der Waals surface area contributed by atoms with E-state index in [2.05, 4.69) is 15.1 Å². The summed E-state index contributed by atoms with van der Waals surface area (Å²) in [6, 6.07) is 11.1. The summed E-state index contributed by atoms with van der Waals surface area (Å²) in [7, 11) is 0. The molecule has 1 N–H and O–H groups in total. The molecule has 0 atom stereocenters. The molecule has 0 spiro atoms. The molecule has 8 nitrogen and oxygen atoms in total. The third kappa shape index (κ3) is 5.11. The predicted octanol–water partition coefficient (Wildman–Crippen LogP) is 4.96. The molecule has 0 bridgehead atoms. The normalized spacial score (nSPS) is 15.9. The predicted molar refractivity (Wildman–Crippen MR) is 134 cm³/mol. The first kappa shape index (κ1) is 25.0. The van der Waals surface area contributed by atoms with Crippen LogP contribution in [0.2, 0.25) is 0 Å². The minimum atomic E-state index is -2.75. The van der Waals surface area contributed by atoms with E-state index in [9.17, 15) is 18.7 Å². The molecule has 194 valence electrons. The lowest BCUT2D eigenvalue weighted by atomic mass is 9.98. The average molecular weight is 510 g/mol. The number of amides is 1. The lowest BCUT2D eigenvalue weighted by Crippen LogP contribution is -2.43. The first-order valence-electron chi connectivity index (χ1n) is 12.3. The Hall–Kier alpha value is -3.66. The van der Waals surface area contributed by atoms with Crippen molar-refractivity contribution >= 4 is 16.9 Å². The third-order valence-corrected chi connectivity index (χ3v) is 6.71. The lowest BCUT2D eigenvalue weighted by Gasteiger charge is -2.32. The van der Waals surface area contributed by atoms with Gasteiger partial charge in [0.1, 0.15) is 5.65 Å². The Morgan fingerprint density at radius 3 is 2.49 bits per heavy atom. The highest BCUT2D eigenvalue weighted by molar-refractivity contribution is 6.08. The number of carbonyl (C=O) groups excluding carboxylic acids is 1. The number of aliphatic hydroxyl groups is 1. The number of hydrogen-bond donors (Lipinski definition) is 1. The molecular weight excluding hydrogens is 480 g/mol. The summed E-state index contributed by atoms with van der Waals surface area (Å²) >= 11 is 0. The molecular formula is C27H29F2N5O3. The van der Waals surface area contributed by atoms with E-state index in [0.717, 1.165) is 11.3 Å². The van der Waals surface area contributed by atoms with Gasteiger partial charge >= 0.3 is 0 Å². The van der Waals surface area contributed by atoms with Crippen molar-refractivity contribution in [3.63, 3.8) is 0 Å². The highest BCUT2D eigenvalue weighted by Crippen LogP contribution is 2.34. The molecule has 3 aromatic heterocycles. The summed E-state index contributed by atoms with van der Waals surface area (Å²) in [6.45, 7) is 5.13. The Kier molecular flexibility index (Phi) is 6.31. The van der Waals surface area contributed by atoms with Crippen LogP contribution in [0, 0.1) is 6.92 Å². The van der Waals surface area contributed by atoms with E-state index in [1.165, 1.54) is 4.90 Å². The van der Waals surface area contributed by atoms with Crippen LogP contribution >= 0.6 is 0 Å². The molecule has 5 rings (SSSR count). The Bertz CT molecular complexity index is 1430. The number of aromatic nitrogens is 4. The van der Waals surface area contributed by atoms with Gasteiger partial charge in [-0.05, 0) is 63.1 Å². The monoisotopic (exact) mass is 509 g/mol. The van der Waals surface area contributed by atoms with Gasteiger partial charge in [0.05, 0.1) is 11.2 Å². The molecule has 1 aliphatic heterocycles. The number of hydrogen-bond acceptors (Lipinski definition) is 6. The lowest BCUT2D eigenvalue weighted by molar-refractivity contribution is -0.0494. The Morgan fingerprint density at radius 2 is 1.86 bits per heavy atom. The highest BCUT2D eigenvalue weighted by atomic mass is 19.3. The fraction of sp³-hybridized carbons (Fsp3) is 0.407. The third-order valence-electron chi connectivity index (χ3n) is 6.71. The summed E-state index contributed by atoms with van der Waals surface area (Å²) < 4.78 is 34.6. The number of rotatable bonds is 6. The number of piperidine rings is 1. The molecule has 1 amide bonds. The van der Waals surface area contributed by atoms with Gasteiger partial charge in [-0.3, -0.25) is 9.36 Å². The van der Waals surface area contributed by atoms with Crippen molar-refractivity contribution < 1.29 is 23.2 Å². The molecule has 4 heterocycles. The zero-order chi connectivity index (χ0) is 26.4. The summed E-state index contributed by atoms with van der Waals surface area (Å²) in [5.74, 6) is -2.11. The van der Waals surface area contributed by atoms with Crippen LogP contribution in [-0.2, 0) is 6.42 Å². The van der Waals surface area contributed by atoms with Crippen LogP contribution in [0.3, 0.4) is 0 Å². The molecule has 1 fully saturated rings. The number of halogens is 2. The van der Waals surface area contributed by atoms with Crippen LogP contribution < -0.4 is 0 Å². The van der Waals surface area contributed by atoms with E-state index in [-0.39, 0.29) is 31.8 Å². The quantitative estimate of drug-likeness (QED) is 0.395. The second-order valence-corrected chi connectivity index (χ2v) is 10.2. The Labute approximate surface area is 212 Å². The van der Waals surface area contributed by atoms with Crippen molar-refractivity contribution in [2.24, 2.45) is 0 Å². The molecule has 4 aromatic rings. The van der Waals surface area contributed by atoms with Crippen molar-refractivity contribution in [3.05, 3.63) is 59.7 Å². The first-order valence-corrected chi connectivity index (χ1v) is 12.3. The highest BCUT2D eigenvalue weighted by Gasteiger charge is 2.37. The van der Waals surface area contributed by atoms with Gasteiger partial charge in [-0.1, -0.05) is 5.16 Å². The fourth-order valence-electron chi connectivity index (χ4n) is 4.71. The minimum absolute atomic E-state index is 0.0114. The van der Waals surface area contributed by atoms with Crippen LogP contribution in [0.4, 0.5) is 8.78 Å². The van der Waals surface area contributed by atoms with Gasteiger partial charge in [0.15, 0.2) is 0 Å². The van der Waals surface area contributed by atoms with E-state index in [1.807, 2.05) is 34.9 Å². The van der Waals surface area contributed by atoms with Crippen LogP contribution in [0.5, 0.6) is 0 Å². The zero-order valence-electron chi connectivity index (χ0n) is 21.0. The molecule has 0 unspecified atom stereocenters. The van der Waals surface area contributed by atoms with E-state index < -0.39 is 11.5 Å². The number of nitrogens with zero attached hydrogens (tertiary/aromatic N) is 5. The van der Waals surface area contributed by atoms with Gasteiger partial charge in [-0.15, -0.1) is 0 Å². The summed E-state index contributed by atoms with van der Waals surface area (Å²) in [4.78, 5) is 24.2. The van der Waals surface area contributed by atoms with Gasteiger partial charge in [0.25, 0.3) is 11.8 Å². The van der Waals surface area contributed by atoms with E-state index in [1.54, 1.807) is 33.0 Å². The smallest absolute Gasteiger partial charge is 0.256 e. The van der Waals surface area contributed by atoms with Crippen LogP contribution in [0.25, 0.3) is 28.1 Å². The van der Waals surface area contributed by atoms with Crippen molar-refractivity contribution in [2.75, 3.05) is 13.1 Å². The summed E-state index contributed by atoms with van der Waals surface area (Å²) in [5.41, 5.74) is 2.28. The molecule has 0 radical (unpaired) electrons. The molecule has 1 aromatic carbocycles. The van der Waals surface area contributed by atoms with Gasteiger partial charge < -0.3 is 14.5 Å². The summed E-state index contributed by atoms with van der Waals surface area (Å²) in [5, 5.41) is 15.1. The first-order chi connectivity index (χ1) is 17.5. The SMILES string of the molecule is Cc1nc(-c2ccc(-n3c(CCC(C)(C)O)c(C(=O)N4CCC(F)(F)CC4)c4cccnc43)cc2)no1. The fourth-order valence-corrected chi connectivity index (χ4v) is 4.71. The minimum Gasteiger partial charge on any atom is -0.390 e. The van der Waals surface area contributed by atoms with E-state index >= 15 is 0 Å². The maximum Gasteiger partial charge on any atom is 0.256 e.